The summed E-state index contributed by atoms with van der Waals surface area (Å²) < 4.78 is 43.1. The summed E-state index contributed by atoms with van der Waals surface area (Å²) in [4.78, 5) is 24.4. The molecular formula is C17H20F3NO4. The third-order valence-corrected chi connectivity index (χ3v) is 4.49. The Labute approximate surface area is 143 Å². The predicted molar refractivity (Wildman–Crippen MR) is 83.5 cm³/mol. The van der Waals surface area contributed by atoms with Crippen LogP contribution in [0.15, 0.2) is 24.3 Å². The summed E-state index contributed by atoms with van der Waals surface area (Å²) in [5.41, 5.74) is 0.378. The number of rotatable bonds is 5. The zero-order valence-corrected chi connectivity index (χ0v) is 13.8. The predicted octanol–water partition coefficient (Wildman–Crippen LogP) is 3.34. The molecule has 8 heteroatoms. The second kappa shape index (κ2) is 7.76. The number of carbonyl (C=O) groups is 2. The number of carboxylic acid groups (broad SMARTS) is 1. The molecular weight excluding hydrogens is 339 g/mol. The van der Waals surface area contributed by atoms with E-state index in [1.54, 1.807) is 7.05 Å². The molecule has 2 rings (SSSR count). The van der Waals surface area contributed by atoms with Crippen molar-refractivity contribution in [3.8, 4) is 5.75 Å². The minimum absolute atomic E-state index is 0.0355. The lowest BCUT2D eigenvalue weighted by Crippen LogP contribution is -2.41. The number of alkyl halides is 3. The molecule has 0 heterocycles. The summed E-state index contributed by atoms with van der Waals surface area (Å²) in [5, 5.41) is 8.55. The number of aliphatic carboxylic acids is 1. The standard InChI is InChI=1S/C17H20F3NO4/c1-21(13-6-4-12(5-7-13)17(18,19)20)16(24)11-2-8-14(9-3-11)25-10-15(22)23/h2-3,8-9,12-13H,4-7,10H2,1H3,(H,22,23). The zero-order chi connectivity index (χ0) is 18.6. The van der Waals surface area contributed by atoms with Crippen LogP contribution >= 0.6 is 0 Å². The molecule has 1 aliphatic carbocycles. The smallest absolute Gasteiger partial charge is 0.391 e. The minimum atomic E-state index is -4.17. The van der Waals surface area contributed by atoms with Crippen molar-refractivity contribution in [1.29, 1.82) is 0 Å². The second-order valence-corrected chi connectivity index (χ2v) is 6.17. The Kier molecular flexibility index (Phi) is 5.92. The van der Waals surface area contributed by atoms with Crippen LogP contribution in [0, 0.1) is 5.92 Å². The van der Waals surface area contributed by atoms with Crippen molar-refractivity contribution in [3.05, 3.63) is 29.8 Å². The van der Waals surface area contributed by atoms with E-state index in [0.717, 1.165) is 0 Å². The summed E-state index contributed by atoms with van der Waals surface area (Å²) >= 11 is 0. The van der Waals surface area contributed by atoms with Gasteiger partial charge in [-0.15, -0.1) is 0 Å². The summed E-state index contributed by atoms with van der Waals surface area (Å²) in [6.45, 7) is -0.477. The molecule has 138 valence electrons. The van der Waals surface area contributed by atoms with Gasteiger partial charge in [0.25, 0.3) is 5.91 Å². The molecule has 0 aromatic heterocycles. The molecule has 1 amide bonds. The number of hydrogen-bond donors (Lipinski definition) is 1. The number of benzene rings is 1. The molecule has 0 radical (unpaired) electrons. The summed E-state index contributed by atoms with van der Waals surface area (Å²) in [7, 11) is 1.59. The van der Waals surface area contributed by atoms with Gasteiger partial charge in [-0.2, -0.15) is 13.2 Å². The number of ether oxygens (including phenoxy) is 1. The van der Waals surface area contributed by atoms with Crippen molar-refractivity contribution in [1.82, 2.24) is 4.90 Å². The van der Waals surface area contributed by atoms with E-state index < -0.39 is 24.7 Å². The first-order valence-corrected chi connectivity index (χ1v) is 7.97. The fourth-order valence-electron chi connectivity index (χ4n) is 3.00. The number of hydrogen-bond acceptors (Lipinski definition) is 3. The van der Waals surface area contributed by atoms with Gasteiger partial charge in [0.2, 0.25) is 0 Å². The first kappa shape index (κ1) is 19.1. The van der Waals surface area contributed by atoms with Gasteiger partial charge >= 0.3 is 12.1 Å². The third-order valence-electron chi connectivity index (χ3n) is 4.49. The average molecular weight is 359 g/mol. The van der Waals surface area contributed by atoms with Crippen LogP contribution in [0.2, 0.25) is 0 Å². The highest BCUT2D eigenvalue weighted by Gasteiger charge is 2.42. The van der Waals surface area contributed by atoms with Gasteiger partial charge in [0.15, 0.2) is 6.61 Å². The number of carbonyl (C=O) groups excluding carboxylic acids is 1. The average Bonchev–Trinajstić information content (AvgIpc) is 2.58. The monoisotopic (exact) mass is 359 g/mol. The second-order valence-electron chi connectivity index (χ2n) is 6.17. The van der Waals surface area contributed by atoms with E-state index in [4.69, 9.17) is 9.84 Å². The molecule has 1 fully saturated rings. The minimum Gasteiger partial charge on any atom is -0.482 e. The van der Waals surface area contributed by atoms with Crippen LogP contribution in [0.4, 0.5) is 13.2 Å². The van der Waals surface area contributed by atoms with Gasteiger partial charge < -0.3 is 14.7 Å². The zero-order valence-electron chi connectivity index (χ0n) is 13.8. The Morgan fingerprint density at radius 2 is 1.72 bits per heavy atom. The maximum atomic E-state index is 12.7. The molecule has 1 aromatic carbocycles. The third kappa shape index (κ3) is 5.11. The lowest BCUT2D eigenvalue weighted by Gasteiger charge is -2.35. The highest BCUT2D eigenvalue weighted by Crippen LogP contribution is 2.38. The van der Waals surface area contributed by atoms with E-state index in [1.165, 1.54) is 29.2 Å². The van der Waals surface area contributed by atoms with Gasteiger partial charge in [0.05, 0.1) is 5.92 Å². The first-order valence-electron chi connectivity index (χ1n) is 7.97. The Bertz CT molecular complexity index is 607. The largest absolute Gasteiger partial charge is 0.482 e. The van der Waals surface area contributed by atoms with Crippen LogP contribution in [-0.2, 0) is 4.79 Å². The van der Waals surface area contributed by atoms with E-state index in [9.17, 15) is 22.8 Å². The highest BCUT2D eigenvalue weighted by atomic mass is 19.4. The summed E-state index contributed by atoms with van der Waals surface area (Å²) in [6, 6.07) is 5.79. The van der Waals surface area contributed by atoms with Crippen molar-refractivity contribution < 1.29 is 32.6 Å². The molecule has 1 N–H and O–H groups in total. The SMILES string of the molecule is CN(C(=O)c1ccc(OCC(=O)O)cc1)C1CCC(C(F)(F)F)CC1. The van der Waals surface area contributed by atoms with E-state index in [0.29, 0.717) is 24.2 Å². The molecule has 0 spiro atoms. The lowest BCUT2D eigenvalue weighted by molar-refractivity contribution is -0.183. The molecule has 1 aliphatic rings. The van der Waals surface area contributed by atoms with Gasteiger partial charge in [0, 0.05) is 18.7 Å². The number of halogens is 3. The summed E-state index contributed by atoms with van der Waals surface area (Å²) in [6.07, 6.45) is -3.45. The number of amides is 1. The topological polar surface area (TPSA) is 66.8 Å². The van der Waals surface area contributed by atoms with E-state index in [2.05, 4.69) is 0 Å². The van der Waals surface area contributed by atoms with Crippen molar-refractivity contribution in [2.75, 3.05) is 13.7 Å². The van der Waals surface area contributed by atoms with Crippen LogP contribution in [0.1, 0.15) is 36.0 Å². The maximum Gasteiger partial charge on any atom is 0.391 e. The van der Waals surface area contributed by atoms with Crippen LogP contribution in [0.3, 0.4) is 0 Å². The highest BCUT2D eigenvalue weighted by molar-refractivity contribution is 5.94. The molecule has 1 saturated carbocycles. The van der Waals surface area contributed by atoms with Crippen LogP contribution in [0.25, 0.3) is 0 Å². The molecule has 0 atom stereocenters. The van der Waals surface area contributed by atoms with Gasteiger partial charge in [0.1, 0.15) is 5.75 Å². The van der Waals surface area contributed by atoms with E-state index in [-0.39, 0.29) is 24.8 Å². The van der Waals surface area contributed by atoms with Crippen molar-refractivity contribution in [2.45, 2.75) is 37.9 Å². The fourth-order valence-corrected chi connectivity index (χ4v) is 3.00. The molecule has 0 bridgehead atoms. The fraction of sp³-hybridized carbons (Fsp3) is 0.529. The van der Waals surface area contributed by atoms with E-state index >= 15 is 0 Å². The van der Waals surface area contributed by atoms with Crippen molar-refractivity contribution >= 4 is 11.9 Å². The quantitative estimate of drug-likeness (QED) is 0.876. The Morgan fingerprint density at radius 1 is 1.16 bits per heavy atom. The van der Waals surface area contributed by atoms with Crippen molar-refractivity contribution in [2.24, 2.45) is 5.92 Å². The Balaban J connectivity index is 1.93. The van der Waals surface area contributed by atoms with Crippen LogP contribution in [0.5, 0.6) is 5.75 Å². The normalized spacial score (nSPS) is 20.8. The molecule has 25 heavy (non-hydrogen) atoms. The van der Waals surface area contributed by atoms with Gasteiger partial charge in [-0.3, -0.25) is 4.79 Å². The molecule has 0 aliphatic heterocycles. The summed E-state index contributed by atoms with van der Waals surface area (Å²) in [5.74, 6) is -2.33. The number of nitrogens with zero attached hydrogens (tertiary/aromatic N) is 1. The van der Waals surface area contributed by atoms with Gasteiger partial charge in [-0.1, -0.05) is 0 Å². The Hall–Kier alpha value is -2.25. The van der Waals surface area contributed by atoms with Gasteiger partial charge in [-0.05, 0) is 49.9 Å². The van der Waals surface area contributed by atoms with Crippen LogP contribution < -0.4 is 4.74 Å². The maximum absolute atomic E-state index is 12.7. The van der Waals surface area contributed by atoms with Crippen LogP contribution in [-0.4, -0.2) is 47.8 Å². The number of carboxylic acids is 1. The van der Waals surface area contributed by atoms with Gasteiger partial charge in [-0.25, -0.2) is 4.79 Å². The van der Waals surface area contributed by atoms with Crippen molar-refractivity contribution in [3.63, 3.8) is 0 Å². The molecule has 0 saturated heterocycles. The lowest BCUT2D eigenvalue weighted by atomic mass is 9.85. The molecule has 0 unspecified atom stereocenters. The molecule has 1 aromatic rings. The van der Waals surface area contributed by atoms with E-state index in [1.807, 2.05) is 0 Å². The Morgan fingerprint density at radius 3 is 2.20 bits per heavy atom. The molecule has 5 nitrogen and oxygen atoms in total. The first-order chi connectivity index (χ1) is 11.7.